The lowest BCUT2D eigenvalue weighted by atomic mass is 10.1. The van der Waals surface area contributed by atoms with E-state index < -0.39 is 0 Å². The summed E-state index contributed by atoms with van der Waals surface area (Å²) in [6, 6.07) is 5.22. The van der Waals surface area contributed by atoms with Crippen molar-refractivity contribution in [2.45, 2.75) is 50.7 Å². The third-order valence-electron chi connectivity index (χ3n) is 5.01. The van der Waals surface area contributed by atoms with Gasteiger partial charge in [-0.1, -0.05) is 17.7 Å². The highest BCUT2D eigenvalue weighted by Crippen LogP contribution is 2.44. The molecule has 6 nitrogen and oxygen atoms in total. The number of nitrogens with one attached hydrogen (secondary N) is 2. The summed E-state index contributed by atoms with van der Waals surface area (Å²) in [5.41, 5.74) is 0.600. The number of halogens is 3. The normalized spacial score (nSPS) is 24.0. The van der Waals surface area contributed by atoms with Gasteiger partial charge < -0.3 is 10.6 Å². The molecule has 1 saturated carbocycles. The Kier molecular flexibility index (Phi) is 6.25. The summed E-state index contributed by atoms with van der Waals surface area (Å²) in [5, 5.41) is 11.8. The molecular weight excluding hydrogens is 482 g/mol. The quantitative estimate of drug-likeness (QED) is 0.383. The predicted molar refractivity (Wildman–Crippen MR) is 114 cm³/mol. The molecule has 1 fully saturated rings. The van der Waals surface area contributed by atoms with Crippen LogP contribution in [0.1, 0.15) is 36.0 Å². The number of hydrogen-bond donors (Lipinski definition) is 2. The zero-order chi connectivity index (χ0) is 18.3. The first-order valence-electron chi connectivity index (χ1n) is 8.89. The Morgan fingerprint density at radius 2 is 2.19 bits per heavy atom. The monoisotopic (exact) mass is 504 g/mol. The van der Waals surface area contributed by atoms with Gasteiger partial charge in [0.2, 0.25) is 0 Å². The highest BCUT2D eigenvalue weighted by atomic mass is 127. The summed E-state index contributed by atoms with van der Waals surface area (Å²) in [6.45, 7) is 2.68. The van der Waals surface area contributed by atoms with Crippen LogP contribution in [0.4, 0.5) is 4.39 Å². The Hall–Kier alpha value is -1.42. The van der Waals surface area contributed by atoms with Gasteiger partial charge in [0.25, 0.3) is 0 Å². The van der Waals surface area contributed by atoms with Crippen LogP contribution in [0.5, 0.6) is 0 Å². The summed E-state index contributed by atoms with van der Waals surface area (Å²) in [6.07, 6.45) is 2.72. The summed E-state index contributed by atoms with van der Waals surface area (Å²) in [7, 11) is 1.75. The number of aryl methyl sites for hydroxylation is 2. The molecular formula is C18H23ClFIN6. The highest BCUT2D eigenvalue weighted by molar-refractivity contribution is 14.0. The number of fused-ring (bicyclic) bond motifs is 1. The summed E-state index contributed by atoms with van der Waals surface area (Å²) < 4.78 is 16.0. The molecule has 0 saturated heterocycles. The van der Waals surface area contributed by atoms with E-state index in [2.05, 4.69) is 25.7 Å². The van der Waals surface area contributed by atoms with Crippen molar-refractivity contribution in [3.63, 3.8) is 0 Å². The molecule has 9 heteroatoms. The van der Waals surface area contributed by atoms with Gasteiger partial charge >= 0.3 is 0 Å². The Morgan fingerprint density at radius 1 is 1.37 bits per heavy atom. The molecule has 2 aromatic rings. The van der Waals surface area contributed by atoms with E-state index >= 15 is 0 Å². The maximum Gasteiger partial charge on any atom is 0.191 e. The van der Waals surface area contributed by atoms with E-state index in [4.69, 9.17) is 11.6 Å². The van der Waals surface area contributed by atoms with Crippen molar-refractivity contribution in [1.29, 1.82) is 0 Å². The molecule has 1 aromatic carbocycles. The third kappa shape index (κ3) is 4.37. The minimum absolute atomic E-state index is 0. The van der Waals surface area contributed by atoms with Crippen LogP contribution in [-0.2, 0) is 13.0 Å². The maximum absolute atomic E-state index is 14.1. The lowest BCUT2D eigenvalue weighted by Crippen LogP contribution is -2.47. The second-order valence-electron chi connectivity index (χ2n) is 6.94. The van der Waals surface area contributed by atoms with Gasteiger partial charge in [-0.15, -0.1) is 24.0 Å². The first-order valence-corrected chi connectivity index (χ1v) is 9.27. The van der Waals surface area contributed by atoms with Gasteiger partial charge in [-0.25, -0.2) is 14.1 Å². The maximum atomic E-state index is 14.1. The van der Waals surface area contributed by atoms with E-state index in [9.17, 15) is 4.39 Å². The topological polar surface area (TPSA) is 67.1 Å². The van der Waals surface area contributed by atoms with Crippen LogP contribution in [0.25, 0.3) is 0 Å². The summed E-state index contributed by atoms with van der Waals surface area (Å²) in [5.74, 6) is 2.43. The Morgan fingerprint density at radius 3 is 2.93 bits per heavy atom. The molecule has 3 unspecified atom stereocenters. The average molecular weight is 505 g/mol. The number of nitrogens with zero attached hydrogens (tertiary/aromatic N) is 4. The molecule has 0 amide bonds. The zero-order valence-corrected chi connectivity index (χ0v) is 18.3. The highest BCUT2D eigenvalue weighted by Gasteiger charge is 2.42. The van der Waals surface area contributed by atoms with E-state index in [1.54, 1.807) is 19.2 Å². The molecule has 1 aromatic heterocycles. The third-order valence-corrected chi connectivity index (χ3v) is 5.34. The lowest BCUT2D eigenvalue weighted by molar-refractivity contribution is 0.392. The summed E-state index contributed by atoms with van der Waals surface area (Å²) in [4.78, 5) is 8.75. The smallest absolute Gasteiger partial charge is 0.191 e. The van der Waals surface area contributed by atoms with Crippen LogP contribution in [0, 0.1) is 12.7 Å². The molecule has 0 spiro atoms. The van der Waals surface area contributed by atoms with Crippen LogP contribution >= 0.6 is 35.6 Å². The molecule has 1 aliphatic heterocycles. The van der Waals surface area contributed by atoms with E-state index in [0.29, 0.717) is 10.6 Å². The number of guanidine groups is 1. The SMILES string of the molecule is CN=C(NC1CCc2nc(C)nn2C1)NC1CC1c1c(F)cccc1Cl.I. The Bertz CT molecular complexity index is 834. The number of aliphatic imine (C=N–C) groups is 1. The van der Waals surface area contributed by atoms with Crippen molar-refractivity contribution in [3.8, 4) is 0 Å². The van der Waals surface area contributed by atoms with Crippen molar-refractivity contribution in [3.05, 3.63) is 46.3 Å². The van der Waals surface area contributed by atoms with Crippen molar-refractivity contribution in [2.75, 3.05) is 7.05 Å². The van der Waals surface area contributed by atoms with Crippen molar-refractivity contribution < 1.29 is 4.39 Å². The predicted octanol–water partition coefficient (Wildman–Crippen LogP) is 3.03. The van der Waals surface area contributed by atoms with Crippen molar-refractivity contribution in [2.24, 2.45) is 4.99 Å². The van der Waals surface area contributed by atoms with Gasteiger partial charge in [-0.2, -0.15) is 5.10 Å². The van der Waals surface area contributed by atoms with Crippen LogP contribution in [0.2, 0.25) is 5.02 Å². The van der Waals surface area contributed by atoms with Crippen LogP contribution < -0.4 is 10.6 Å². The fourth-order valence-electron chi connectivity index (χ4n) is 3.63. The molecule has 0 bridgehead atoms. The molecule has 4 rings (SSSR count). The van der Waals surface area contributed by atoms with Crippen molar-refractivity contribution in [1.82, 2.24) is 25.4 Å². The van der Waals surface area contributed by atoms with Crippen LogP contribution in [0.15, 0.2) is 23.2 Å². The number of hydrogen-bond acceptors (Lipinski definition) is 3. The summed E-state index contributed by atoms with van der Waals surface area (Å²) >= 11 is 6.18. The average Bonchev–Trinajstić information content (AvgIpc) is 3.24. The fraction of sp³-hybridized carbons (Fsp3) is 0.500. The minimum Gasteiger partial charge on any atom is -0.353 e. The molecule has 27 heavy (non-hydrogen) atoms. The van der Waals surface area contributed by atoms with E-state index in [0.717, 1.165) is 43.4 Å². The van der Waals surface area contributed by atoms with Gasteiger partial charge in [-0.3, -0.25) is 4.99 Å². The van der Waals surface area contributed by atoms with Crippen molar-refractivity contribution >= 4 is 41.5 Å². The number of aromatic nitrogens is 3. The second-order valence-corrected chi connectivity index (χ2v) is 7.35. The molecule has 3 atom stereocenters. The van der Waals surface area contributed by atoms with Gasteiger partial charge in [0, 0.05) is 42.1 Å². The molecule has 146 valence electrons. The second kappa shape index (κ2) is 8.30. The van der Waals surface area contributed by atoms with Gasteiger partial charge in [0.15, 0.2) is 5.96 Å². The fourth-order valence-corrected chi connectivity index (χ4v) is 3.93. The van der Waals surface area contributed by atoms with E-state index in [-0.39, 0.29) is 47.8 Å². The van der Waals surface area contributed by atoms with Crippen LogP contribution in [-0.4, -0.2) is 39.9 Å². The number of rotatable bonds is 3. The largest absolute Gasteiger partial charge is 0.353 e. The Balaban J connectivity index is 0.00000210. The molecule has 2 N–H and O–H groups in total. The molecule has 2 heterocycles. The lowest BCUT2D eigenvalue weighted by Gasteiger charge is -2.25. The molecule has 1 aliphatic carbocycles. The zero-order valence-electron chi connectivity index (χ0n) is 15.2. The van der Waals surface area contributed by atoms with E-state index in [1.807, 2.05) is 11.6 Å². The first-order chi connectivity index (χ1) is 12.5. The Labute approximate surface area is 180 Å². The van der Waals surface area contributed by atoms with Crippen LogP contribution in [0.3, 0.4) is 0 Å². The first kappa shape index (κ1) is 20.3. The molecule has 2 aliphatic rings. The standard InChI is InChI=1S/C18H22ClFN6.HI/c1-10-22-16-7-6-11(9-26(16)25-10)23-18(21-2)24-15-8-12(15)17-13(19)4-3-5-14(17)20;/h3-5,11-12,15H,6-9H2,1-2H3,(H2,21,23,24);1H. The van der Waals surface area contributed by atoms with Gasteiger partial charge in [0.05, 0.1) is 6.54 Å². The van der Waals surface area contributed by atoms with Gasteiger partial charge in [-0.05, 0) is 31.9 Å². The van der Waals surface area contributed by atoms with Gasteiger partial charge in [0.1, 0.15) is 17.5 Å². The molecule has 0 radical (unpaired) electrons. The number of benzene rings is 1. The minimum atomic E-state index is -0.240. The van der Waals surface area contributed by atoms with E-state index in [1.165, 1.54) is 6.07 Å².